The van der Waals surface area contributed by atoms with E-state index in [4.69, 9.17) is 8.94 Å². The minimum atomic E-state index is -0.920. The van der Waals surface area contributed by atoms with Crippen molar-refractivity contribution in [1.29, 1.82) is 0 Å². The number of aliphatic hydroxyl groups is 1. The first-order chi connectivity index (χ1) is 10.2. The van der Waals surface area contributed by atoms with Crippen molar-refractivity contribution in [3.8, 4) is 0 Å². The summed E-state index contributed by atoms with van der Waals surface area (Å²) in [6.07, 6.45) is 0. The van der Waals surface area contributed by atoms with Gasteiger partial charge in [0.1, 0.15) is 0 Å². The second-order valence-corrected chi connectivity index (χ2v) is 6.93. The van der Waals surface area contributed by atoms with E-state index < -0.39 is 11.2 Å². The van der Waals surface area contributed by atoms with Crippen molar-refractivity contribution in [2.24, 2.45) is 0 Å². The van der Waals surface area contributed by atoms with Crippen LogP contribution >= 0.6 is 12.0 Å². The molecule has 1 aromatic carbocycles. The molecule has 4 nitrogen and oxygen atoms in total. The van der Waals surface area contributed by atoms with Crippen LogP contribution in [0.3, 0.4) is 0 Å². The minimum absolute atomic E-state index is 0.660. The van der Waals surface area contributed by atoms with Gasteiger partial charge in [0, 0.05) is 18.0 Å². The van der Waals surface area contributed by atoms with E-state index >= 15 is 0 Å². The molecule has 0 saturated heterocycles. The average molecular weight is 324 g/mol. The SMILES string of the molecule is CCN(CC)OSc1ccc([B]OC(C)(C)C(C)(C)O)cc1. The van der Waals surface area contributed by atoms with E-state index in [1.807, 2.05) is 43.2 Å². The lowest BCUT2D eigenvalue weighted by molar-refractivity contribution is -0.0893. The highest BCUT2D eigenvalue weighted by atomic mass is 32.2. The molecule has 6 heteroatoms. The van der Waals surface area contributed by atoms with E-state index in [0.29, 0.717) is 0 Å². The highest BCUT2D eigenvalue weighted by molar-refractivity contribution is 7.94. The van der Waals surface area contributed by atoms with E-state index in [1.54, 1.807) is 21.3 Å². The highest BCUT2D eigenvalue weighted by Gasteiger charge is 2.35. The number of hydrogen-bond acceptors (Lipinski definition) is 5. The van der Waals surface area contributed by atoms with Gasteiger partial charge in [-0.2, -0.15) is 5.06 Å². The fourth-order valence-corrected chi connectivity index (χ4v) is 2.04. The minimum Gasteiger partial charge on any atom is -0.427 e. The molecule has 0 unspecified atom stereocenters. The van der Waals surface area contributed by atoms with Crippen LogP contribution < -0.4 is 5.46 Å². The summed E-state index contributed by atoms with van der Waals surface area (Å²) in [6.45, 7) is 13.0. The molecule has 123 valence electrons. The zero-order chi connectivity index (χ0) is 16.8. The van der Waals surface area contributed by atoms with Crippen LogP contribution in [0.15, 0.2) is 29.2 Å². The molecule has 0 aliphatic carbocycles. The first kappa shape index (κ1) is 19.5. The van der Waals surface area contributed by atoms with Gasteiger partial charge in [0.15, 0.2) is 0 Å². The van der Waals surface area contributed by atoms with Gasteiger partial charge in [-0.15, -0.1) is 0 Å². The molecule has 0 amide bonds. The predicted octanol–water partition coefficient (Wildman–Crippen LogP) is 2.78. The molecule has 0 heterocycles. The third kappa shape index (κ3) is 5.93. The molecule has 22 heavy (non-hydrogen) atoms. The van der Waals surface area contributed by atoms with Crippen molar-refractivity contribution >= 4 is 25.0 Å². The Kier molecular flexibility index (Phi) is 7.42. The lowest BCUT2D eigenvalue weighted by Gasteiger charge is -2.37. The lowest BCUT2D eigenvalue weighted by Crippen LogP contribution is -2.49. The van der Waals surface area contributed by atoms with Crippen LogP contribution in [0.1, 0.15) is 41.5 Å². The molecule has 1 rings (SSSR count). The van der Waals surface area contributed by atoms with Crippen molar-refractivity contribution in [2.75, 3.05) is 13.1 Å². The smallest absolute Gasteiger partial charge is 0.330 e. The van der Waals surface area contributed by atoms with Crippen molar-refractivity contribution in [1.82, 2.24) is 5.06 Å². The molecule has 0 bridgehead atoms. The van der Waals surface area contributed by atoms with Gasteiger partial charge in [-0.3, -0.25) is 0 Å². The standard InChI is InChI=1S/C16H27BNO3S/c1-7-18(8-2)21-22-14-11-9-13(10-12-14)17-20-16(5,6)15(3,4)19/h9-12,19H,7-8H2,1-6H3. The van der Waals surface area contributed by atoms with E-state index in [0.717, 1.165) is 23.4 Å². The van der Waals surface area contributed by atoms with Gasteiger partial charge in [0.25, 0.3) is 0 Å². The Bertz CT molecular complexity index is 442. The molecule has 0 aliphatic heterocycles. The van der Waals surface area contributed by atoms with Crippen LogP contribution in [0.4, 0.5) is 0 Å². The van der Waals surface area contributed by atoms with E-state index in [9.17, 15) is 5.11 Å². The van der Waals surface area contributed by atoms with Crippen LogP contribution in [-0.2, 0) is 8.94 Å². The van der Waals surface area contributed by atoms with Gasteiger partial charge in [0.05, 0.1) is 23.2 Å². The van der Waals surface area contributed by atoms with Crippen LogP contribution in [0.25, 0.3) is 0 Å². The first-order valence-corrected chi connectivity index (χ1v) is 8.37. The fourth-order valence-electron chi connectivity index (χ4n) is 1.39. The molecular weight excluding hydrogens is 297 g/mol. The summed E-state index contributed by atoms with van der Waals surface area (Å²) in [5, 5.41) is 12.0. The van der Waals surface area contributed by atoms with Gasteiger partial charge >= 0.3 is 7.48 Å². The molecule has 0 fully saturated rings. The van der Waals surface area contributed by atoms with Crippen molar-refractivity contribution in [3.05, 3.63) is 24.3 Å². The Hall–Kier alpha value is -0.525. The Balaban J connectivity index is 2.52. The number of benzene rings is 1. The van der Waals surface area contributed by atoms with Gasteiger partial charge in [-0.05, 0) is 39.8 Å². The Labute approximate surface area is 139 Å². The summed E-state index contributed by atoms with van der Waals surface area (Å²) in [6, 6.07) is 7.91. The largest absolute Gasteiger partial charge is 0.427 e. The third-order valence-electron chi connectivity index (χ3n) is 3.79. The normalized spacial score (nSPS) is 12.7. The van der Waals surface area contributed by atoms with Crippen LogP contribution in [-0.4, -0.2) is 41.9 Å². The number of rotatable bonds is 9. The van der Waals surface area contributed by atoms with Gasteiger partial charge in [-0.1, -0.05) is 31.4 Å². The summed E-state index contributed by atoms with van der Waals surface area (Å²) in [5.74, 6) is 0. The quantitative estimate of drug-likeness (QED) is 0.430. The predicted molar refractivity (Wildman–Crippen MR) is 93.2 cm³/mol. The lowest BCUT2D eigenvalue weighted by atomic mass is 9.83. The Morgan fingerprint density at radius 2 is 1.64 bits per heavy atom. The maximum Gasteiger partial charge on any atom is 0.330 e. The zero-order valence-electron chi connectivity index (χ0n) is 14.4. The maximum absolute atomic E-state index is 10.1. The van der Waals surface area contributed by atoms with E-state index in [-0.39, 0.29) is 0 Å². The van der Waals surface area contributed by atoms with Gasteiger partial charge in [-0.25, -0.2) is 4.28 Å². The Morgan fingerprint density at radius 3 is 2.09 bits per heavy atom. The third-order valence-corrected chi connectivity index (χ3v) is 4.54. The topological polar surface area (TPSA) is 41.9 Å². The molecule has 0 aliphatic rings. The molecule has 1 aromatic rings. The van der Waals surface area contributed by atoms with Crippen molar-refractivity contribution in [3.63, 3.8) is 0 Å². The molecule has 0 saturated carbocycles. The second kappa shape index (κ2) is 8.36. The monoisotopic (exact) mass is 324 g/mol. The van der Waals surface area contributed by atoms with Crippen LogP contribution in [0.2, 0.25) is 0 Å². The van der Waals surface area contributed by atoms with E-state index in [2.05, 4.69) is 13.8 Å². The summed E-state index contributed by atoms with van der Waals surface area (Å²) in [4.78, 5) is 1.03. The Morgan fingerprint density at radius 1 is 1.09 bits per heavy atom. The summed E-state index contributed by atoms with van der Waals surface area (Å²) >= 11 is 1.35. The summed E-state index contributed by atoms with van der Waals surface area (Å²) in [7, 11) is 1.68. The number of hydrogen-bond donors (Lipinski definition) is 1. The van der Waals surface area contributed by atoms with Crippen LogP contribution in [0, 0.1) is 0 Å². The molecule has 0 aromatic heterocycles. The second-order valence-electron chi connectivity index (χ2n) is 6.15. The number of nitrogens with zero attached hydrogens (tertiary/aromatic N) is 1. The summed E-state index contributed by atoms with van der Waals surface area (Å²) < 4.78 is 11.3. The molecule has 1 N–H and O–H groups in total. The molecule has 0 spiro atoms. The van der Waals surface area contributed by atoms with Gasteiger partial charge in [0.2, 0.25) is 0 Å². The molecule has 0 atom stereocenters. The maximum atomic E-state index is 10.1. The first-order valence-electron chi connectivity index (χ1n) is 7.62. The van der Waals surface area contributed by atoms with E-state index in [1.165, 1.54) is 12.0 Å². The average Bonchev–Trinajstić information content (AvgIpc) is 2.46. The van der Waals surface area contributed by atoms with Gasteiger partial charge < -0.3 is 9.76 Å². The van der Waals surface area contributed by atoms with Crippen LogP contribution in [0.5, 0.6) is 0 Å². The van der Waals surface area contributed by atoms with Crippen molar-refractivity contribution < 1.29 is 14.0 Å². The zero-order valence-corrected chi connectivity index (χ0v) is 15.2. The number of hydroxylamine groups is 2. The van der Waals surface area contributed by atoms with Crippen molar-refractivity contribution in [2.45, 2.75) is 57.6 Å². The highest BCUT2D eigenvalue weighted by Crippen LogP contribution is 2.24. The summed E-state index contributed by atoms with van der Waals surface area (Å²) in [5.41, 5.74) is -0.632. The molecular formula is C16H27BNO3S. The molecule has 1 radical (unpaired) electrons. The fraction of sp³-hybridized carbons (Fsp3) is 0.625.